The van der Waals surface area contributed by atoms with Gasteiger partial charge in [-0.3, -0.25) is 4.57 Å². The van der Waals surface area contributed by atoms with Crippen molar-refractivity contribution >= 4 is 13.8 Å². The van der Waals surface area contributed by atoms with Gasteiger partial charge in [0.15, 0.2) is 0 Å². The summed E-state index contributed by atoms with van der Waals surface area (Å²) in [6.45, 7) is 2.73. The van der Waals surface area contributed by atoms with E-state index >= 15 is 0 Å². The third-order valence-corrected chi connectivity index (χ3v) is 5.03. The first kappa shape index (κ1) is 17.1. The van der Waals surface area contributed by atoms with E-state index in [4.69, 9.17) is 10.2 Å². The molecule has 18 heavy (non-hydrogen) atoms. The lowest BCUT2D eigenvalue weighted by Crippen LogP contribution is -2.42. The molecule has 0 saturated heterocycles. The van der Waals surface area contributed by atoms with Gasteiger partial charge in [-0.2, -0.15) is 0 Å². The van der Waals surface area contributed by atoms with Gasteiger partial charge in [0.2, 0.25) is 0 Å². The molecule has 1 unspecified atom stereocenters. The van der Waals surface area contributed by atoms with Crippen LogP contribution in [0.3, 0.4) is 0 Å². The second-order valence-electron chi connectivity index (χ2n) is 3.77. The quantitative estimate of drug-likeness (QED) is 0.315. The van der Waals surface area contributed by atoms with Gasteiger partial charge in [-0.05, 0) is 18.9 Å². The molecule has 0 saturated carbocycles. The topological polar surface area (TPSA) is 124 Å². The van der Waals surface area contributed by atoms with Gasteiger partial charge < -0.3 is 24.7 Å². The van der Waals surface area contributed by atoms with E-state index in [1.54, 1.807) is 13.8 Å². The van der Waals surface area contributed by atoms with Crippen LogP contribution in [0.25, 0.3) is 0 Å². The fourth-order valence-corrected chi connectivity index (χ4v) is 3.15. The monoisotopic (exact) mass is 282 g/mol. The number of carbonyl (C=O) groups is 1. The second-order valence-corrected chi connectivity index (χ2v) is 5.75. The fraction of sp³-hybridized carbons (Fsp3) is 0.700. The second kappa shape index (κ2) is 6.89. The molecule has 0 aromatic rings. The van der Waals surface area contributed by atoms with Gasteiger partial charge in [0.05, 0.1) is 6.61 Å². The number of aliphatic hydroxyl groups is 1. The molecule has 0 aromatic carbocycles. The van der Waals surface area contributed by atoms with Gasteiger partial charge >= 0.3 is 13.8 Å². The molecule has 0 amide bonds. The number of hydrogen-bond acceptors (Lipinski definition) is 4. The normalized spacial score (nSPS) is 14.7. The van der Waals surface area contributed by atoms with Crippen LogP contribution >= 0.6 is 7.60 Å². The average Bonchev–Trinajstić information content (AvgIpc) is 2.25. The molecule has 0 aliphatic rings. The van der Waals surface area contributed by atoms with Crippen LogP contribution in [0, 0.1) is 0 Å². The first-order valence-electron chi connectivity index (χ1n) is 5.47. The van der Waals surface area contributed by atoms with Crippen molar-refractivity contribution in [3.63, 3.8) is 0 Å². The van der Waals surface area contributed by atoms with E-state index < -0.39 is 25.0 Å². The molecular weight excluding hydrogens is 263 g/mol. The average molecular weight is 282 g/mol. The van der Waals surface area contributed by atoms with Gasteiger partial charge in [-0.15, -0.1) is 0 Å². The molecule has 0 heterocycles. The van der Waals surface area contributed by atoms with Crippen molar-refractivity contribution in [3.8, 4) is 0 Å². The summed E-state index contributed by atoms with van der Waals surface area (Å²) in [7, 11) is -4.58. The van der Waals surface area contributed by atoms with E-state index in [-0.39, 0.29) is 19.4 Å². The van der Waals surface area contributed by atoms with E-state index in [2.05, 4.69) is 4.74 Å². The Bertz CT molecular complexity index is 342. The number of rotatable bonds is 7. The maximum Gasteiger partial charge on any atom is 0.506 e. The van der Waals surface area contributed by atoms with Crippen LogP contribution in [0.2, 0.25) is 0 Å². The van der Waals surface area contributed by atoms with Crippen molar-refractivity contribution in [2.24, 2.45) is 0 Å². The number of carboxylic acid groups (broad SMARTS) is 1. The lowest BCUT2D eigenvalue weighted by Gasteiger charge is -2.36. The van der Waals surface area contributed by atoms with E-state index in [9.17, 15) is 19.1 Å². The van der Waals surface area contributed by atoms with Crippen LogP contribution in [-0.2, 0) is 9.30 Å². The molecule has 0 bridgehead atoms. The Labute approximate surface area is 105 Å². The summed E-state index contributed by atoms with van der Waals surface area (Å²) in [4.78, 5) is 29.5. The highest BCUT2D eigenvalue weighted by molar-refractivity contribution is 7.53. The van der Waals surface area contributed by atoms with Gasteiger partial charge in [0, 0.05) is 0 Å². The number of aliphatic hydroxyl groups excluding tert-OH is 1. The highest BCUT2D eigenvalue weighted by atomic mass is 31.2. The van der Waals surface area contributed by atoms with Crippen LogP contribution < -0.4 is 0 Å². The Balaban J connectivity index is 5.54. The van der Waals surface area contributed by atoms with E-state index in [1.165, 1.54) is 12.2 Å². The molecule has 0 aliphatic heterocycles. The van der Waals surface area contributed by atoms with Gasteiger partial charge in [-0.25, -0.2) is 4.79 Å². The minimum atomic E-state index is -4.58. The van der Waals surface area contributed by atoms with Gasteiger partial charge in [0.25, 0.3) is 0 Å². The molecule has 0 rings (SSSR count). The highest BCUT2D eigenvalue weighted by Crippen LogP contribution is 2.57. The van der Waals surface area contributed by atoms with E-state index in [1.807, 2.05) is 0 Å². The summed E-state index contributed by atoms with van der Waals surface area (Å²) in [6.07, 6.45) is -0.479. The minimum absolute atomic E-state index is 0.0431. The smallest absolute Gasteiger partial charge is 0.450 e. The maximum absolute atomic E-state index is 11.6. The van der Waals surface area contributed by atoms with Crippen molar-refractivity contribution < 1.29 is 34.1 Å². The van der Waals surface area contributed by atoms with Gasteiger partial charge in [0.1, 0.15) is 11.3 Å². The van der Waals surface area contributed by atoms with Crippen LogP contribution in [0.5, 0.6) is 0 Å². The van der Waals surface area contributed by atoms with Crippen molar-refractivity contribution in [2.75, 3.05) is 6.61 Å². The van der Waals surface area contributed by atoms with E-state index in [0.29, 0.717) is 0 Å². The zero-order valence-corrected chi connectivity index (χ0v) is 11.2. The summed E-state index contributed by atoms with van der Waals surface area (Å²) in [6, 6.07) is 0. The van der Waals surface area contributed by atoms with Crippen molar-refractivity contribution in [3.05, 3.63) is 12.2 Å². The summed E-state index contributed by atoms with van der Waals surface area (Å²) < 4.78 is 16.2. The Kier molecular flexibility index (Phi) is 6.56. The molecule has 0 fully saturated rings. The molecule has 0 radical (unpaired) electrons. The first-order chi connectivity index (χ1) is 8.25. The maximum atomic E-state index is 11.6. The van der Waals surface area contributed by atoms with Crippen molar-refractivity contribution in [2.45, 2.75) is 37.9 Å². The standard InChI is InChI=1S/C10H19O7P/c1-3-10(4-2,18(14,15)16)8(6-5-7-11)17-9(12)13/h5-6,8,11H,3-4,7H2,1-2H3,(H,12,13)(H2,14,15,16). The Morgan fingerprint density at radius 2 is 1.89 bits per heavy atom. The number of hydrogen-bond donors (Lipinski definition) is 4. The molecule has 1 atom stereocenters. The fourth-order valence-electron chi connectivity index (χ4n) is 1.85. The van der Waals surface area contributed by atoms with Crippen LogP contribution in [0.4, 0.5) is 4.79 Å². The third-order valence-electron chi connectivity index (χ3n) is 2.98. The van der Waals surface area contributed by atoms with Crippen LogP contribution in [-0.4, -0.2) is 44.0 Å². The molecule has 4 N–H and O–H groups in total. The summed E-state index contributed by atoms with van der Waals surface area (Å²) >= 11 is 0. The Morgan fingerprint density at radius 3 is 2.17 bits per heavy atom. The lowest BCUT2D eigenvalue weighted by atomic mass is 9.94. The van der Waals surface area contributed by atoms with E-state index in [0.717, 1.165) is 0 Å². The SMILES string of the molecule is CCC(CC)(C(C=CCO)OC(=O)O)P(=O)(O)O. The van der Waals surface area contributed by atoms with Gasteiger partial charge in [-0.1, -0.05) is 19.9 Å². The molecule has 0 spiro atoms. The zero-order valence-electron chi connectivity index (χ0n) is 10.3. The van der Waals surface area contributed by atoms with Crippen LogP contribution in [0.1, 0.15) is 26.7 Å². The Hall–Kier alpha value is -0.880. The largest absolute Gasteiger partial charge is 0.506 e. The molecule has 0 aliphatic carbocycles. The van der Waals surface area contributed by atoms with Crippen LogP contribution in [0.15, 0.2) is 12.2 Å². The molecule has 8 heteroatoms. The lowest BCUT2D eigenvalue weighted by molar-refractivity contribution is 0.0455. The summed E-state index contributed by atoms with van der Waals surface area (Å²) in [5.74, 6) is 0. The Morgan fingerprint density at radius 1 is 1.39 bits per heavy atom. The van der Waals surface area contributed by atoms with Crippen molar-refractivity contribution in [1.29, 1.82) is 0 Å². The predicted octanol–water partition coefficient (Wildman–Crippen LogP) is 1.33. The molecule has 7 nitrogen and oxygen atoms in total. The zero-order chi connectivity index (χ0) is 14.4. The molecule has 0 aromatic heterocycles. The minimum Gasteiger partial charge on any atom is -0.450 e. The summed E-state index contributed by atoms with van der Waals surface area (Å²) in [5.41, 5.74) is 0. The van der Waals surface area contributed by atoms with Crippen molar-refractivity contribution in [1.82, 2.24) is 0 Å². The summed E-state index contributed by atoms with van der Waals surface area (Å²) in [5, 5.41) is 15.7. The third kappa shape index (κ3) is 3.81. The number of ether oxygens (including phenoxy) is 1. The first-order valence-corrected chi connectivity index (χ1v) is 7.09. The molecule has 106 valence electrons. The predicted molar refractivity (Wildman–Crippen MR) is 64.5 cm³/mol. The molecular formula is C10H19O7P. The highest BCUT2D eigenvalue weighted by Gasteiger charge is 2.51.